The maximum Gasteiger partial charge on any atom is 0.0962 e. The van der Waals surface area contributed by atoms with E-state index in [2.05, 4.69) is 33.1 Å². The van der Waals surface area contributed by atoms with Gasteiger partial charge in [0.15, 0.2) is 0 Å². The second-order valence-corrected chi connectivity index (χ2v) is 10.9. The summed E-state index contributed by atoms with van der Waals surface area (Å²) < 4.78 is 0. The largest absolute Gasteiger partial charge is 0.344 e. The van der Waals surface area contributed by atoms with Crippen LogP contribution >= 0.6 is 9.16 Å². The number of rotatable bonds is 8. The molecule has 0 aliphatic rings. The van der Waals surface area contributed by atoms with E-state index in [9.17, 15) is 5.26 Å². The first-order chi connectivity index (χ1) is 7.12. The minimum absolute atomic E-state index is 0. The normalized spacial score (nSPS) is 13.3. The van der Waals surface area contributed by atoms with Crippen molar-refractivity contribution < 1.29 is 0 Å². The van der Waals surface area contributed by atoms with Gasteiger partial charge >= 0.3 is 0 Å². The maximum atomic E-state index is 9.76. The Bertz CT molecular complexity index is 185. The maximum absolute atomic E-state index is 9.76. The van der Waals surface area contributed by atoms with Gasteiger partial charge in [-0.3, -0.25) is 0 Å². The first kappa shape index (κ1) is 18.2. The SMILES string of the molecule is CCC[SH](C#N)(CCC)(CCC)CCC.N. The van der Waals surface area contributed by atoms with Gasteiger partial charge in [-0.25, -0.2) is 9.16 Å². The lowest BCUT2D eigenvalue weighted by molar-refractivity contribution is 0.972. The van der Waals surface area contributed by atoms with Crippen LogP contribution in [0.25, 0.3) is 0 Å². The van der Waals surface area contributed by atoms with Gasteiger partial charge in [0, 0.05) is 0 Å². The van der Waals surface area contributed by atoms with Gasteiger partial charge in [-0.15, -0.1) is 0 Å². The molecule has 0 aliphatic heterocycles. The highest BCUT2D eigenvalue weighted by atomic mass is 32.3. The zero-order valence-corrected chi connectivity index (χ0v) is 12.7. The van der Waals surface area contributed by atoms with Gasteiger partial charge in [-0.05, 0) is 48.7 Å². The molecule has 100 valence electrons. The molecule has 3 heteroatoms. The van der Waals surface area contributed by atoms with Crippen LogP contribution in [0.2, 0.25) is 0 Å². The summed E-state index contributed by atoms with van der Waals surface area (Å²) in [4.78, 5) is 0. The lowest BCUT2D eigenvalue weighted by Gasteiger charge is -2.55. The molecule has 3 N–H and O–H groups in total. The molecule has 0 unspecified atom stereocenters. The van der Waals surface area contributed by atoms with Crippen molar-refractivity contribution in [3.63, 3.8) is 0 Å². The molecule has 0 aromatic rings. The van der Waals surface area contributed by atoms with Crippen molar-refractivity contribution >= 4 is 9.16 Å². The smallest absolute Gasteiger partial charge is 0.0962 e. The summed E-state index contributed by atoms with van der Waals surface area (Å²) in [6, 6.07) is 0. The number of hydrogen-bond donors (Lipinski definition) is 2. The Labute approximate surface area is 103 Å². The highest BCUT2D eigenvalue weighted by Gasteiger charge is 2.37. The summed E-state index contributed by atoms with van der Waals surface area (Å²) in [6.45, 7) is 8.94. The van der Waals surface area contributed by atoms with Gasteiger partial charge in [0.1, 0.15) is 0 Å². The van der Waals surface area contributed by atoms with E-state index in [4.69, 9.17) is 0 Å². The second-order valence-electron chi connectivity index (χ2n) is 4.97. The zero-order chi connectivity index (χ0) is 11.8. The molecule has 0 aliphatic carbocycles. The van der Waals surface area contributed by atoms with Crippen LogP contribution in [-0.2, 0) is 0 Å². The quantitative estimate of drug-likeness (QED) is 0.496. The Morgan fingerprint density at radius 1 is 0.750 bits per heavy atom. The lowest BCUT2D eigenvalue weighted by Crippen LogP contribution is -2.30. The van der Waals surface area contributed by atoms with Gasteiger partial charge in [0.05, 0.1) is 5.40 Å². The first-order valence-corrected chi connectivity index (χ1v) is 9.52. The molecule has 0 spiro atoms. The van der Waals surface area contributed by atoms with Crippen LogP contribution in [0.4, 0.5) is 0 Å². The zero-order valence-electron chi connectivity index (χ0n) is 11.8. The minimum atomic E-state index is -1.99. The highest BCUT2D eigenvalue weighted by molar-refractivity contribution is 8.52. The monoisotopic (exact) mass is 248 g/mol. The number of thiol groups is 1. The van der Waals surface area contributed by atoms with Crippen LogP contribution in [-0.4, -0.2) is 23.0 Å². The van der Waals surface area contributed by atoms with E-state index in [0.29, 0.717) is 0 Å². The van der Waals surface area contributed by atoms with E-state index >= 15 is 0 Å². The van der Waals surface area contributed by atoms with E-state index in [0.717, 1.165) is 0 Å². The van der Waals surface area contributed by atoms with Crippen LogP contribution < -0.4 is 6.15 Å². The number of nitrogens with zero attached hydrogens (tertiary/aromatic N) is 1. The summed E-state index contributed by atoms with van der Waals surface area (Å²) in [6.07, 6.45) is 4.74. The molecule has 0 aromatic heterocycles. The third-order valence-corrected chi connectivity index (χ3v) is 10.6. The van der Waals surface area contributed by atoms with Gasteiger partial charge in [-0.1, -0.05) is 27.7 Å². The predicted molar refractivity (Wildman–Crippen MR) is 80.3 cm³/mol. The molecule has 0 aromatic carbocycles. The van der Waals surface area contributed by atoms with Gasteiger partial charge in [-0.2, -0.15) is 5.26 Å². The number of hydrogen-bond acceptors (Lipinski definition) is 2. The van der Waals surface area contributed by atoms with E-state index in [-0.39, 0.29) is 6.15 Å². The van der Waals surface area contributed by atoms with E-state index in [1.165, 1.54) is 48.7 Å². The number of thiocyanates is 1. The van der Waals surface area contributed by atoms with Crippen molar-refractivity contribution in [2.24, 2.45) is 0 Å². The highest BCUT2D eigenvalue weighted by Crippen LogP contribution is 2.69. The second kappa shape index (κ2) is 7.97. The van der Waals surface area contributed by atoms with Gasteiger partial charge in [0.25, 0.3) is 0 Å². The fraction of sp³-hybridized carbons (Fsp3) is 0.923. The molecule has 0 rings (SSSR count). The molecule has 2 nitrogen and oxygen atoms in total. The van der Waals surface area contributed by atoms with Crippen LogP contribution in [0.5, 0.6) is 0 Å². The fourth-order valence-electron chi connectivity index (χ4n) is 3.22. The Morgan fingerprint density at radius 3 is 1.12 bits per heavy atom. The molecule has 0 bridgehead atoms. The van der Waals surface area contributed by atoms with E-state index in [1.807, 2.05) is 0 Å². The average Bonchev–Trinajstić information content (AvgIpc) is 2.20. The van der Waals surface area contributed by atoms with Crippen LogP contribution in [0, 0.1) is 10.7 Å². The molecule has 0 radical (unpaired) electrons. The predicted octanol–water partition coefficient (Wildman–Crippen LogP) is 4.34. The summed E-state index contributed by atoms with van der Waals surface area (Å²) in [5.41, 5.74) is 0. The van der Waals surface area contributed by atoms with Crippen molar-refractivity contribution in [1.82, 2.24) is 6.15 Å². The van der Waals surface area contributed by atoms with Gasteiger partial charge in [0.2, 0.25) is 0 Å². The van der Waals surface area contributed by atoms with Crippen LogP contribution in [0.3, 0.4) is 0 Å². The first-order valence-electron chi connectivity index (χ1n) is 6.54. The summed E-state index contributed by atoms with van der Waals surface area (Å²) in [7, 11) is -1.99. The third-order valence-electron chi connectivity index (χ3n) is 3.52. The van der Waals surface area contributed by atoms with Crippen molar-refractivity contribution in [3.05, 3.63) is 0 Å². The summed E-state index contributed by atoms with van der Waals surface area (Å²) >= 11 is 0. The Hall–Kier alpha value is -0.200. The van der Waals surface area contributed by atoms with Crippen molar-refractivity contribution in [2.75, 3.05) is 23.0 Å². The molecule has 0 heterocycles. The van der Waals surface area contributed by atoms with Crippen molar-refractivity contribution in [1.29, 1.82) is 5.26 Å². The van der Waals surface area contributed by atoms with Crippen LogP contribution in [0.1, 0.15) is 53.4 Å². The van der Waals surface area contributed by atoms with Gasteiger partial charge < -0.3 is 6.15 Å². The molecular formula is C13H32N2S. The molecule has 0 saturated heterocycles. The van der Waals surface area contributed by atoms with E-state index in [1.54, 1.807) is 0 Å². The Kier molecular flexibility index (Phi) is 9.06. The molecule has 0 atom stereocenters. The third kappa shape index (κ3) is 3.99. The lowest BCUT2D eigenvalue weighted by atomic mass is 10.5. The molecule has 0 amide bonds. The molecule has 16 heavy (non-hydrogen) atoms. The van der Waals surface area contributed by atoms with E-state index < -0.39 is 9.16 Å². The average molecular weight is 248 g/mol. The molecular weight excluding hydrogens is 216 g/mol. The standard InChI is InChI=1S/C13H29NS.H3N/c1-5-9-15(13-14,10-6-2,11-7-3)12-8-4;/h15H,5-12H2,1-4H3;1H3. The fourth-order valence-corrected chi connectivity index (χ4v) is 9.65. The topological polar surface area (TPSA) is 58.8 Å². The minimum Gasteiger partial charge on any atom is -0.344 e. The summed E-state index contributed by atoms with van der Waals surface area (Å²) in [5, 5.41) is 12.6. The Balaban J connectivity index is 0. The van der Waals surface area contributed by atoms with Crippen molar-refractivity contribution in [2.45, 2.75) is 53.4 Å². The molecule has 0 saturated carbocycles. The van der Waals surface area contributed by atoms with Crippen molar-refractivity contribution in [3.8, 4) is 5.40 Å². The summed E-state index contributed by atoms with van der Waals surface area (Å²) in [5.74, 6) is 4.82. The number of nitriles is 1. The van der Waals surface area contributed by atoms with Crippen LogP contribution in [0.15, 0.2) is 0 Å². The Morgan fingerprint density at radius 2 is 1.00 bits per heavy atom. The molecule has 0 fully saturated rings.